The topological polar surface area (TPSA) is 54.9 Å². The van der Waals surface area contributed by atoms with Crippen LogP contribution >= 0.6 is 23.4 Å². The van der Waals surface area contributed by atoms with Crippen LogP contribution in [0.5, 0.6) is 0 Å². The second kappa shape index (κ2) is 4.01. The minimum Gasteiger partial charge on any atom is -0.273 e. The number of para-hydroxylation sites is 1. The molecule has 0 atom stereocenters. The molecule has 98 valence electrons. The number of aromatic nitrogens is 2. The van der Waals surface area contributed by atoms with E-state index in [1.54, 1.807) is 18.2 Å². The highest BCUT2D eigenvalue weighted by Crippen LogP contribution is 2.41. The summed E-state index contributed by atoms with van der Waals surface area (Å²) in [5.74, 6) is 0. The first-order chi connectivity index (χ1) is 9.65. The second-order valence-electron chi connectivity index (χ2n) is 4.46. The van der Waals surface area contributed by atoms with Gasteiger partial charge in [-0.05, 0) is 30.3 Å². The average molecular weight is 303 g/mol. The van der Waals surface area contributed by atoms with E-state index in [1.807, 2.05) is 18.2 Å². The van der Waals surface area contributed by atoms with E-state index >= 15 is 0 Å². The lowest BCUT2D eigenvalue weighted by molar-refractivity contribution is 0.909. The van der Waals surface area contributed by atoms with Crippen LogP contribution < -0.4 is 11.2 Å². The summed E-state index contributed by atoms with van der Waals surface area (Å²) in [5, 5.41) is 1.05. The fraction of sp³-hybridized carbons (Fsp3) is 0. The maximum absolute atomic E-state index is 12.2. The van der Waals surface area contributed by atoms with E-state index in [9.17, 15) is 9.59 Å². The summed E-state index contributed by atoms with van der Waals surface area (Å²) in [7, 11) is 0. The number of aromatic amines is 1. The monoisotopic (exact) mass is 302 g/mol. The van der Waals surface area contributed by atoms with Crippen LogP contribution in [0.15, 0.2) is 55.8 Å². The molecule has 4 rings (SSSR count). The fourth-order valence-electron chi connectivity index (χ4n) is 2.44. The number of nitrogens with one attached hydrogen (secondary N) is 1. The van der Waals surface area contributed by atoms with E-state index in [4.69, 9.17) is 11.6 Å². The molecule has 1 aliphatic rings. The van der Waals surface area contributed by atoms with Crippen LogP contribution in [0.2, 0.25) is 5.02 Å². The number of fused-ring (bicyclic) bond motifs is 2. The molecule has 0 bridgehead atoms. The predicted molar refractivity (Wildman–Crippen MR) is 79.3 cm³/mol. The number of nitrogens with zero attached hydrogens (tertiary/aromatic N) is 1. The van der Waals surface area contributed by atoms with Crippen LogP contribution in [0.1, 0.15) is 0 Å². The lowest BCUT2D eigenvalue weighted by atomic mass is 10.2. The summed E-state index contributed by atoms with van der Waals surface area (Å²) < 4.78 is 1.52. The van der Waals surface area contributed by atoms with E-state index in [-0.39, 0.29) is 5.56 Å². The van der Waals surface area contributed by atoms with E-state index in [0.29, 0.717) is 21.6 Å². The van der Waals surface area contributed by atoms with Crippen molar-refractivity contribution in [3.8, 4) is 5.69 Å². The van der Waals surface area contributed by atoms with E-state index in [0.717, 1.165) is 9.79 Å². The molecule has 0 radical (unpaired) electrons. The van der Waals surface area contributed by atoms with Gasteiger partial charge in [-0.2, -0.15) is 0 Å². The third kappa shape index (κ3) is 1.50. The molecule has 2 aromatic carbocycles. The molecule has 0 aliphatic carbocycles. The van der Waals surface area contributed by atoms with Crippen molar-refractivity contribution < 1.29 is 0 Å². The average Bonchev–Trinajstić information content (AvgIpc) is 2.43. The molecule has 1 aliphatic heterocycles. The Labute approximate surface area is 122 Å². The van der Waals surface area contributed by atoms with Gasteiger partial charge in [0.15, 0.2) is 0 Å². The van der Waals surface area contributed by atoms with E-state index in [2.05, 4.69) is 4.98 Å². The number of benzene rings is 2. The van der Waals surface area contributed by atoms with Gasteiger partial charge in [0.25, 0.3) is 5.56 Å². The molecule has 0 unspecified atom stereocenters. The molecule has 0 spiro atoms. The zero-order valence-electron chi connectivity index (χ0n) is 10.0. The molecule has 0 saturated heterocycles. The summed E-state index contributed by atoms with van der Waals surface area (Å²) in [5.41, 5.74) is 0.529. The minimum absolute atomic E-state index is 0.367. The Bertz CT molecular complexity index is 991. The molecule has 0 fully saturated rings. The SMILES string of the molecule is O=c1[nH]c(=O)n2c3c(cccc13)Sc1ccc(Cl)cc1-2. The molecule has 4 nitrogen and oxygen atoms in total. The molecule has 6 heteroatoms. The smallest absolute Gasteiger partial charge is 0.273 e. The zero-order chi connectivity index (χ0) is 13.9. The normalized spacial score (nSPS) is 12.4. The van der Waals surface area contributed by atoms with E-state index in [1.165, 1.54) is 16.3 Å². The maximum Gasteiger partial charge on any atom is 0.333 e. The van der Waals surface area contributed by atoms with Gasteiger partial charge in [-0.1, -0.05) is 29.4 Å². The Balaban J connectivity index is 2.30. The van der Waals surface area contributed by atoms with Crippen LogP contribution in [0, 0.1) is 0 Å². The Hall–Kier alpha value is -1.98. The Morgan fingerprint density at radius 3 is 2.80 bits per heavy atom. The quantitative estimate of drug-likeness (QED) is 0.543. The van der Waals surface area contributed by atoms with Crippen molar-refractivity contribution in [2.75, 3.05) is 0 Å². The summed E-state index contributed by atoms with van der Waals surface area (Å²) in [6.07, 6.45) is 0. The van der Waals surface area contributed by atoms with Gasteiger partial charge in [0.1, 0.15) is 0 Å². The predicted octanol–water partition coefficient (Wildman–Crippen LogP) is 2.80. The first kappa shape index (κ1) is 11.8. The first-order valence-corrected chi connectivity index (χ1v) is 7.10. The van der Waals surface area contributed by atoms with Gasteiger partial charge < -0.3 is 0 Å². The molecule has 0 amide bonds. The Morgan fingerprint density at radius 2 is 1.95 bits per heavy atom. The highest BCUT2D eigenvalue weighted by atomic mass is 35.5. The van der Waals surface area contributed by atoms with Crippen molar-refractivity contribution in [3.05, 3.63) is 62.3 Å². The van der Waals surface area contributed by atoms with Crippen molar-refractivity contribution >= 4 is 34.3 Å². The van der Waals surface area contributed by atoms with Crippen LogP contribution in [-0.4, -0.2) is 9.55 Å². The highest BCUT2D eigenvalue weighted by molar-refractivity contribution is 7.99. The number of H-pyrrole nitrogens is 1. The number of hydrogen-bond donors (Lipinski definition) is 1. The van der Waals surface area contributed by atoms with Crippen molar-refractivity contribution in [1.29, 1.82) is 0 Å². The van der Waals surface area contributed by atoms with Gasteiger partial charge in [0.2, 0.25) is 0 Å². The van der Waals surface area contributed by atoms with Crippen LogP contribution in [-0.2, 0) is 0 Å². The Morgan fingerprint density at radius 1 is 1.10 bits per heavy atom. The molecule has 0 saturated carbocycles. The third-order valence-corrected chi connectivity index (χ3v) is 4.62. The minimum atomic E-state index is -0.446. The van der Waals surface area contributed by atoms with Gasteiger partial charge in [0.05, 0.1) is 16.6 Å². The number of hydrogen-bond acceptors (Lipinski definition) is 3. The molecule has 3 aromatic rings. The maximum atomic E-state index is 12.2. The third-order valence-electron chi connectivity index (χ3n) is 3.27. The van der Waals surface area contributed by atoms with Crippen molar-refractivity contribution in [3.63, 3.8) is 0 Å². The van der Waals surface area contributed by atoms with E-state index < -0.39 is 5.69 Å². The van der Waals surface area contributed by atoms with Crippen molar-refractivity contribution in [2.45, 2.75) is 9.79 Å². The van der Waals surface area contributed by atoms with Gasteiger partial charge in [-0.15, -0.1) is 0 Å². The van der Waals surface area contributed by atoms with Gasteiger partial charge in [-0.3, -0.25) is 14.3 Å². The molecule has 2 heterocycles. The lowest BCUT2D eigenvalue weighted by Gasteiger charge is -2.21. The lowest BCUT2D eigenvalue weighted by Crippen LogP contribution is -2.30. The standard InChI is InChI=1S/C14H7ClN2O2S/c15-7-4-5-10-9(6-7)17-12-8(13(18)16-14(17)19)2-1-3-11(12)20-10/h1-6H,(H,16,18,19). The zero-order valence-corrected chi connectivity index (χ0v) is 11.6. The fourth-order valence-corrected chi connectivity index (χ4v) is 3.68. The summed E-state index contributed by atoms with van der Waals surface area (Å²) in [6, 6.07) is 10.8. The van der Waals surface area contributed by atoms with Crippen molar-refractivity contribution in [2.24, 2.45) is 0 Å². The van der Waals surface area contributed by atoms with Crippen LogP contribution in [0.4, 0.5) is 0 Å². The summed E-state index contributed by atoms with van der Waals surface area (Å²) in [6.45, 7) is 0. The summed E-state index contributed by atoms with van der Waals surface area (Å²) in [4.78, 5) is 28.3. The molecule has 1 N–H and O–H groups in total. The molecule has 1 aromatic heterocycles. The molecular formula is C14H7ClN2O2S. The van der Waals surface area contributed by atoms with Crippen LogP contribution in [0.25, 0.3) is 16.6 Å². The summed E-state index contributed by atoms with van der Waals surface area (Å²) >= 11 is 7.56. The van der Waals surface area contributed by atoms with Crippen LogP contribution in [0.3, 0.4) is 0 Å². The second-order valence-corrected chi connectivity index (χ2v) is 5.98. The van der Waals surface area contributed by atoms with Gasteiger partial charge >= 0.3 is 5.69 Å². The molecule has 20 heavy (non-hydrogen) atoms. The number of rotatable bonds is 0. The largest absolute Gasteiger partial charge is 0.333 e. The number of halogens is 1. The van der Waals surface area contributed by atoms with Crippen molar-refractivity contribution in [1.82, 2.24) is 9.55 Å². The van der Waals surface area contributed by atoms with Gasteiger partial charge in [-0.25, -0.2) is 4.79 Å². The first-order valence-electron chi connectivity index (χ1n) is 5.91. The van der Waals surface area contributed by atoms with Gasteiger partial charge in [0, 0.05) is 14.8 Å². The Kier molecular flexibility index (Phi) is 2.37. The molecular weight excluding hydrogens is 296 g/mol. The highest BCUT2D eigenvalue weighted by Gasteiger charge is 2.21.